The zero-order valence-electron chi connectivity index (χ0n) is 16.7. The van der Waals surface area contributed by atoms with Gasteiger partial charge in [-0.25, -0.2) is 4.99 Å². The van der Waals surface area contributed by atoms with Crippen LogP contribution in [0.25, 0.3) is 5.76 Å². The van der Waals surface area contributed by atoms with E-state index in [0.29, 0.717) is 24.6 Å². The lowest BCUT2D eigenvalue weighted by Gasteiger charge is -2.27. The maximum atomic E-state index is 10.6. The van der Waals surface area contributed by atoms with Gasteiger partial charge in [0, 0.05) is 42.7 Å². The predicted molar refractivity (Wildman–Crippen MR) is 115 cm³/mol. The highest BCUT2D eigenvalue weighted by atomic mass is 16.5. The Morgan fingerprint density at radius 1 is 1.28 bits per heavy atom. The van der Waals surface area contributed by atoms with Gasteiger partial charge in [-0.15, -0.1) is 0 Å². The summed E-state index contributed by atoms with van der Waals surface area (Å²) in [6.45, 7) is 3.01. The van der Waals surface area contributed by atoms with Gasteiger partial charge in [-0.05, 0) is 44.8 Å². The molecule has 29 heavy (non-hydrogen) atoms. The van der Waals surface area contributed by atoms with Crippen LogP contribution in [0.4, 0.5) is 5.69 Å². The first-order valence-electron chi connectivity index (χ1n) is 9.76. The third-order valence-corrected chi connectivity index (χ3v) is 4.81. The summed E-state index contributed by atoms with van der Waals surface area (Å²) in [5.41, 5.74) is 2.37. The molecule has 1 N–H and O–H groups in total. The molecular formula is C22H25N5O2. The molecule has 2 aliphatic rings. The Bertz CT molecular complexity index is 966. The second-order valence-corrected chi connectivity index (χ2v) is 7.26. The van der Waals surface area contributed by atoms with E-state index in [9.17, 15) is 5.11 Å². The van der Waals surface area contributed by atoms with Crippen LogP contribution in [0.5, 0.6) is 5.75 Å². The molecule has 0 saturated heterocycles. The number of amidine groups is 2. The first kappa shape index (κ1) is 19.1. The van der Waals surface area contributed by atoms with E-state index in [4.69, 9.17) is 9.73 Å². The number of aliphatic imine (C=N–C) groups is 2. The molecule has 3 heterocycles. The molecule has 150 valence electrons. The Labute approximate surface area is 170 Å². The van der Waals surface area contributed by atoms with E-state index in [2.05, 4.69) is 29.0 Å². The second-order valence-electron chi connectivity index (χ2n) is 7.26. The third-order valence-electron chi connectivity index (χ3n) is 4.81. The topological polar surface area (TPSA) is 73.6 Å². The fourth-order valence-corrected chi connectivity index (χ4v) is 3.40. The standard InChI is InChI=1S/C22H25N5O2/c1-26(2)11-5-13-29-19-8-3-7-17-21(19)25-20(27-12-10-24-22(17)27)14-18(28)16-6-4-9-23-15-16/h3-4,6-9,14-15,28H,5,10-13H2,1-2H3/b18-14-. The van der Waals surface area contributed by atoms with Gasteiger partial charge in [0.1, 0.15) is 28.9 Å². The highest BCUT2D eigenvalue weighted by Crippen LogP contribution is 2.37. The molecule has 0 fully saturated rings. The van der Waals surface area contributed by atoms with Crippen LogP contribution in [-0.2, 0) is 0 Å². The molecule has 0 amide bonds. The summed E-state index contributed by atoms with van der Waals surface area (Å²) in [5, 5.41) is 10.6. The van der Waals surface area contributed by atoms with Crippen molar-refractivity contribution in [2.75, 3.05) is 40.3 Å². The van der Waals surface area contributed by atoms with Gasteiger partial charge in [0.05, 0.1) is 13.2 Å². The Morgan fingerprint density at radius 3 is 2.97 bits per heavy atom. The van der Waals surface area contributed by atoms with E-state index in [0.717, 1.165) is 42.3 Å². The largest absolute Gasteiger partial charge is 0.507 e. The van der Waals surface area contributed by atoms with Gasteiger partial charge in [-0.3, -0.25) is 9.98 Å². The summed E-state index contributed by atoms with van der Waals surface area (Å²) in [7, 11) is 4.10. The van der Waals surface area contributed by atoms with Crippen LogP contribution in [-0.4, -0.2) is 71.9 Å². The van der Waals surface area contributed by atoms with Crippen molar-refractivity contribution < 1.29 is 9.84 Å². The molecule has 0 unspecified atom stereocenters. The lowest BCUT2D eigenvalue weighted by atomic mass is 10.1. The van der Waals surface area contributed by atoms with Gasteiger partial charge in [0.25, 0.3) is 0 Å². The van der Waals surface area contributed by atoms with Crippen molar-refractivity contribution in [2.24, 2.45) is 9.98 Å². The minimum atomic E-state index is 0.121. The molecule has 0 atom stereocenters. The molecule has 1 aromatic heterocycles. The molecule has 7 heteroatoms. The van der Waals surface area contributed by atoms with Crippen molar-refractivity contribution in [2.45, 2.75) is 6.42 Å². The number of ether oxygens (including phenoxy) is 1. The molecule has 0 bridgehead atoms. The molecule has 7 nitrogen and oxygen atoms in total. The van der Waals surface area contributed by atoms with E-state index in [1.807, 2.05) is 29.2 Å². The van der Waals surface area contributed by atoms with Gasteiger partial charge >= 0.3 is 0 Å². The maximum absolute atomic E-state index is 10.6. The third kappa shape index (κ3) is 4.14. The number of nitrogens with zero attached hydrogens (tertiary/aromatic N) is 5. The van der Waals surface area contributed by atoms with E-state index in [1.54, 1.807) is 24.5 Å². The lowest BCUT2D eigenvalue weighted by Crippen LogP contribution is -2.36. The summed E-state index contributed by atoms with van der Waals surface area (Å²) in [6.07, 6.45) is 5.91. The molecule has 0 radical (unpaired) electrons. The minimum Gasteiger partial charge on any atom is -0.507 e. The van der Waals surface area contributed by atoms with Crippen molar-refractivity contribution in [3.05, 3.63) is 59.9 Å². The van der Waals surface area contributed by atoms with Crippen LogP contribution in [0.2, 0.25) is 0 Å². The van der Waals surface area contributed by atoms with Crippen molar-refractivity contribution in [1.29, 1.82) is 0 Å². The number of pyridine rings is 1. The van der Waals surface area contributed by atoms with Gasteiger partial charge in [-0.2, -0.15) is 0 Å². The first-order chi connectivity index (χ1) is 14.1. The van der Waals surface area contributed by atoms with Gasteiger partial charge in [0.15, 0.2) is 0 Å². The fourth-order valence-electron chi connectivity index (χ4n) is 3.40. The number of benzene rings is 1. The lowest BCUT2D eigenvalue weighted by molar-refractivity contribution is 0.282. The number of hydrogen-bond donors (Lipinski definition) is 1. The van der Waals surface area contributed by atoms with Gasteiger partial charge in [-0.1, -0.05) is 6.07 Å². The molecule has 2 aromatic rings. The average Bonchev–Trinajstić information content (AvgIpc) is 3.22. The smallest absolute Gasteiger partial charge is 0.145 e. The van der Waals surface area contributed by atoms with E-state index >= 15 is 0 Å². The molecule has 4 rings (SSSR count). The van der Waals surface area contributed by atoms with Crippen LogP contribution in [0, 0.1) is 0 Å². The predicted octanol–water partition coefficient (Wildman–Crippen LogP) is 3.12. The molecule has 2 aliphatic heterocycles. The molecule has 0 spiro atoms. The fraction of sp³-hybridized carbons (Fsp3) is 0.318. The highest BCUT2D eigenvalue weighted by molar-refractivity contribution is 6.20. The normalized spacial score (nSPS) is 15.7. The summed E-state index contributed by atoms with van der Waals surface area (Å²) >= 11 is 0. The number of fused-ring (bicyclic) bond motifs is 3. The van der Waals surface area contributed by atoms with E-state index in [1.165, 1.54) is 0 Å². The van der Waals surface area contributed by atoms with Gasteiger partial charge in [0.2, 0.25) is 0 Å². The first-order valence-corrected chi connectivity index (χ1v) is 9.76. The van der Waals surface area contributed by atoms with Gasteiger partial charge < -0.3 is 19.6 Å². The van der Waals surface area contributed by atoms with Crippen molar-refractivity contribution in [1.82, 2.24) is 14.8 Å². The summed E-state index contributed by atoms with van der Waals surface area (Å²) < 4.78 is 6.04. The van der Waals surface area contributed by atoms with Crippen molar-refractivity contribution in [3.63, 3.8) is 0 Å². The van der Waals surface area contributed by atoms with Crippen LogP contribution in [0.1, 0.15) is 17.5 Å². The number of aliphatic hydroxyl groups is 1. The quantitative estimate of drug-likeness (QED) is 0.580. The Morgan fingerprint density at radius 2 is 2.17 bits per heavy atom. The van der Waals surface area contributed by atoms with Crippen LogP contribution in [0.3, 0.4) is 0 Å². The number of aliphatic hydroxyl groups excluding tert-OH is 1. The Hall–Kier alpha value is -3.19. The van der Waals surface area contributed by atoms with Crippen LogP contribution < -0.4 is 4.74 Å². The molecule has 0 aliphatic carbocycles. The second kappa shape index (κ2) is 8.45. The van der Waals surface area contributed by atoms with Crippen molar-refractivity contribution >= 4 is 23.1 Å². The number of aromatic nitrogens is 1. The summed E-state index contributed by atoms with van der Waals surface area (Å²) in [5.74, 6) is 2.39. The summed E-state index contributed by atoms with van der Waals surface area (Å²) in [6, 6.07) is 9.53. The maximum Gasteiger partial charge on any atom is 0.145 e. The minimum absolute atomic E-state index is 0.121. The molecule has 1 aromatic carbocycles. The zero-order chi connectivity index (χ0) is 20.2. The average molecular weight is 391 g/mol. The van der Waals surface area contributed by atoms with Crippen molar-refractivity contribution in [3.8, 4) is 5.75 Å². The Balaban J connectivity index is 1.66. The number of para-hydroxylation sites is 1. The number of hydrogen-bond acceptors (Lipinski definition) is 7. The van der Waals surface area contributed by atoms with E-state index < -0.39 is 0 Å². The van der Waals surface area contributed by atoms with E-state index in [-0.39, 0.29) is 5.76 Å². The molecular weight excluding hydrogens is 366 g/mol. The van der Waals surface area contributed by atoms with Crippen LogP contribution in [0.15, 0.2) is 58.8 Å². The summed E-state index contributed by atoms with van der Waals surface area (Å²) in [4.78, 5) is 17.7. The highest BCUT2D eigenvalue weighted by Gasteiger charge is 2.30. The zero-order valence-corrected chi connectivity index (χ0v) is 16.7. The monoisotopic (exact) mass is 391 g/mol. The SMILES string of the molecule is CN(C)CCCOc1cccc2c1N=C(/C=C(\O)c1cccnc1)N1CCN=C21. The molecule has 0 saturated carbocycles. The number of rotatable bonds is 7. The Kier molecular flexibility index (Phi) is 5.57. The van der Waals surface area contributed by atoms with Crippen LogP contribution >= 0.6 is 0 Å².